The molecule has 11 heteroatoms. The maximum absolute atomic E-state index is 14.5. The highest BCUT2D eigenvalue weighted by Gasteiger charge is 2.58. The summed E-state index contributed by atoms with van der Waals surface area (Å²) in [6.07, 6.45) is 3.15. The van der Waals surface area contributed by atoms with Crippen LogP contribution in [0.2, 0.25) is 11.4 Å². The Hall–Kier alpha value is -4.62. The molecular formula is C47H50BNO7SSi. The normalized spacial score (nSPS) is 21.4. The first kappa shape index (κ1) is 40.2. The smallest absolute Gasteiger partial charge is 0.455 e. The van der Waals surface area contributed by atoms with Gasteiger partial charge >= 0.3 is 7.12 Å². The van der Waals surface area contributed by atoms with E-state index in [1.165, 1.54) is 16.2 Å². The van der Waals surface area contributed by atoms with E-state index in [-0.39, 0.29) is 42.9 Å². The molecule has 3 aromatic carbocycles. The molecule has 0 unspecified atom stereocenters. The van der Waals surface area contributed by atoms with Crippen LogP contribution in [0.4, 0.5) is 0 Å². The van der Waals surface area contributed by atoms with Crippen LogP contribution in [-0.4, -0.2) is 55.0 Å². The molecule has 58 heavy (non-hydrogen) atoms. The molecule has 2 fully saturated rings. The average Bonchev–Trinajstić information content (AvgIpc) is 3.98. The molecule has 1 aliphatic carbocycles. The van der Waals surface area contributed by atoms with Gasteiger partial charge in [0.05, 0.1) is 31.1 Å². The Labute approximate surface area is 346 Å². The number of hydrogen-bond acceptors (Lipinski definition) is 8. The third-order valence-electron chi connectivity index (χ3n) is 12.1. The number of allylic oxidation sites excluding steroid dienone is 1. The molecule has 2 amide bonds. The van der Waals surface area contributed by atoms with E-state index < -0.39 is 39.3 Å². The zero-order valence-corrected chi connectivity index (χ0v) is 35.1. The van der Waals surface area contributed by atoms with Crippen LogP contribution in [0.25, 0.3) is 11.6 Å². The lowest BCUT2D eigenvalue weighted by Gasteiger charge is -2.46. The van der Waals surface area contributed by atoms with Crippen LogP contribution in [0.3, 0.4) is 0 Å². The van der Waals surface area contributed by atoms with Crippen molar-refractivity contribution in [2.24, 2.45) is 17.8 Å². The Kier molecular flexibility index (Phi) is 11.7. The predicted molar refractivity (Wildman–Crippen MR) is 231 cm³/mol. The summed E-state index contributed by atoms with van der Waals surface area (Å²) in [5, 5.41) is 25.1. The topological polar surface area (TPSA) is 109 Å². The Morgan fingerprint density at radius 1 is 0.897 bits per heavy atom. The van der Waals surface area contributed by atoms with Gasteiger partial charge in [-0.15, -0.1) is 11.3 Å². The van der Waals surface area contributed by atoms with Crippen molar-refractivity contribution in [2.75, 3.05) is 6.61 Å². The maximum Gasteiger partial charge on any atom is 0.455 e. The van der Waals surface area contributed by atoms with Crippen LogP contribution >= 0.6 is 11.3 Å². The van der Waals surface area contributed by atoms with E-state index in [2.05, 4.69) is 81.4 Å². The zero-order chi connectivity index (χ0) is 40.4. The Bertz CT molecular complexity index is 2230. The fraction of sp³-hybridized carbons (Fsp3) is 0.319. The number of hydrogen-bond donors (Lipinski definition) is 2. The summed E-state index contributed by atoms with van der Waals surface area (Å²) >= 11 is 1.53. The van der Waals surface area contributed by atoms with Gasteiger partial charge in [0.2, 0.25) is 11.8 Å². The van der Waals surface area contributed by atoms with Crippen molar-refractivity contribution in [3.63, 3.8) is 0 Å². The third kappa shape index (κ3) is 7.79. The number of fused-ring (bicyclic) bond motifs is 3. The molecule has 8 nitrogen and oxygen atoms in total. The zero-order valence-electron chi connectivity index (χ0n) is 33.3. The van der Waals surface area contributed by atoms with Crippen molar-refractivity contribution < 1.29 is 33.2 Å². The second-order valence-corrected chi connectivity index (χ2v) is 22.0. The number of amides is 2. The second-order valence-electron chi connectivity index (χ2n) is 16.6. The SMILES string of the molecule is CC(C)(C)[Si](OCC1=C2[C@@H](CC/C(=C/c3ccc(CO)o3)c3ccccc3)OB(O)C[C@@H]2[C@@H]2C(=O)N(Cc3cccs3)C(=O)[C@@H]2C1)(c1ccccc1)c1ccccc1. The minimum Gasteiger partial charge on any atom is -0.459 e. The molecule has 0 spiro atoms. The monoisotopic (exact) mass is 811 g/mol. The first-order chi connectivity index (χ1) is 28.1. The fourth-order valence-electron chi connectivity index (χ4n) is 9.60. The van der Waals surface area contributed by atoms with Gasteiger partial charge in [-0.05, 0) is 98.9 Å². The van der Waals surface area contributed by atoms with Crippen LogP contribution in [-0.2, 0) is 31.8 Å². The quantitative estimate of drug-likeness (QED) is 0.0712. The number of furan rings is 1. The molecule has 4 heterocycles. The number of thiophene rings is 1. The summed E-state index contributed by atoms with van der Waals surface area (Å²) in [6, 6.07) is 38.6. The van der Waals surface area contributed by atoms with Crippen molar-refractivity contribution in [3.8, 4) is 0 Å². The molecule has 5 aromatic rings. The molecule has 0 radical (unpaired) electrons. The predicted octanol–water partition coefficient (Wildman–Crippen LogP) is 7.73. The highest BCUT2D eigenvalue weighted by Crippen LogP contribution is 2.51. The van der Waals surface area contributed by atoms with Crippen LogP contribution in [0, 0.1) is 17.8 Å². The number of benzene rings is 3. The minimum atomic E-state index is -2.99. The van der Waals surface area contributed by atoms with Gasteiger partial charge in [0.1, 0.15) is 18.1 Å². The standard InChI is InChI=1S/C47H50BNO7SSi/c1-47(2,3)58(38-17-9-5-10-18-38,39-19-11-6-12-20-39)54-31-34-27-40-44(46(52)49(45(40)51)29-37-16-13-25-57-37)41-28-48(53)56-42(43(34)41)24-21-33(32-14-7-4-8-15-32)26-35-22-23-36(30-50)55-35/h4-20,22-23,25-26,40-42,44,50,53H,21,24,27-31H2,1-3H3/b33-26-/t40-,41+,42-,44-/m1/s1. The van der Waals surface area contributed by atoms with Gasteiger partial charge in [-0.2, -0.15) is 0 Å². The molecule has 2 aliphatic heterocycles. The summed E-state index contributed by atoms with van der Waals surface area (Å²) in [4.78, 5) is 31.2. The Balaban J connectivity index is 1.21. The molecule has 3 aliphatic rings. The van der Waals surface area contributed by atoms with Crippen LogP contribution < -0.4 is 10.4 Å². The maximum atomic E-state index is 14.5. The molecule has 298 valence electrons. The Morgan fingerprint density at radius 3 is 2.17 bits per heavy atom. The number of aliphatic hydroxyl groups excluding tert-OH is 1. The van der Waals surface area contributed by atoms with Gasteiger partial charge in [0.15, 0.2) is 0 Å². The van der Waals surface area contributed by atoms with Crippen LogP contribution in [0.1, 0.15) is 62.0 Å². The molecule has 8 rings (SSSR count). The molecule has 2 saturated heterocycles. The highest BCUT2D eigenvalue weighted by molar-refractivity contribution is 7.09. The van der Waals surface area contributed by atoms with Gasteiger partial charge < -0.3 is 23.6 Å². The summed E-state index contributed by atoms with van der Waals surface area (Å²) in [5.41, 5.74) is 4.00. The summed E-state index contributed by atoms with van der Waals surface area (Å²) in [5.74, 6) is -0.752. The first-order valence-electron chi connectivity index (χ1n) is 20.2. The van der Waals surface area contributed by atoms with Gasteiger partial charge in [0.25, 0.3) is 8.32 Å². The number of carbonyl (C=O) groups is 2. The van der Waals surface area contributed by atoms with E-state index in [0.717, 1.165) is 37.5 Å². The summed E-state index contributed by atoms with van der Waals surface area (Å²) in [6.45, 7) is 7.08. The van der Waals surface area contributed by atoms with Gasteiger partial charge in [-0.25, -0.2) is 0 Å². The molecule has 0 bridgehead atoms. The number of carbonyl (C=O) groups excluding carboxylic acids is 2. The highest BCUT2D eigenvalue weighted by atomic mass is 32.1. The Morgan fingerprint density at radius 2 is 1.57 bits per heavy atom. The van der Waals surface area contributed by atoms with E-state index in [1.54, 1.807) is 6.07 Å². The van der Waals surface area contributed by atoms with Crippen molar-refractivity contribution in [1.29, 1.82) is 0 Å². The van der Waals surface area contributed by atoms with Gasteiger partial charge in [-0.3, -0.25) is 14.5 Å². The molecule has 0 saturated carbocycles. The van der Waals surface area contributed by atoms with Gasteiger partial charge in [0, 0.05) is 4.88 Å². The number of likely N-dealkylation sites (tertiary alicyclic amines) is 1. The first-order valence-corrected chi connectivity index (χ1v) is 23.0. The fourth-order valence-corrected chi connectivity index (χ4v) is 14.8. The second kappa shape index (κ2) is 16.9. The molecule has 2 N–H and O–H groups in total. The third-order valence-corrected chi connectivity index (χ3v) is 18.0. The summed E-state index contributed by atoms with van der Waals surface area (Å²) in [7, 11) is -4.10. The average molecular weight is 812 g/mol. The van der Waals surface area contributed by atoms with Crippen molar-refractivity contribution in [2.45, 2.75) is 70.6 Å². The van der Waals surface area contributed by atoms with Crippen LogP contribution in [0.15, 0.2) is 136 Å². The summed E-state index contributed by atoms with van der Waals surface area (Å²) < 4.78 is 19.9. The number of imide groups is 1. The van der Waals surface area contributed by atoms with E-state index in [1.807, 2.05) is 60.0 Å². The van der Waals surface area contributed by atoms with Crippen molar-refractivity contribution in [3.05, 3.63) is 154 Å². The van der Waals surface area contributed by atoms with E-state index in [9.17, 15) is 19.7 Å². The van der Waals surface area contributed by atoms with Gasteiger partial charge in [-0.1, -0.05) is 118 Å². The number of aliphatic hydroxyl groups is 1. The van der Waals surface area contributed by atoms with E-state index in [0.29, 0.717) is 30.8 Å². The van der Waals surface area contributed by atoms with Crippen LogP contribution in [0.5, 0.6) is 0 Å². The number of rotatable bonds is 13. The lowest BCUT2D eigenvalue weighted by molar-refractivity contribution is -0.140. The van der Waals surface area contributed by atoms with E-state index in [4.69, 9.17) is 13.5 Å². The lowest BCUT2D eigenvalue weighted by Crippen LogP contribution is -2.66. The van der Waals surface area contributed by atoms with Crippen molar-refractivity contribution in [1.82, 2.24) is 4.90 Å². The minimum absolute atomic E-state index is 0.155. The van der Waals surface area contributed by atoms with Crippen molar-refractivity contribution >= 4 is 60.6 Å². The molecular weight excluding hydrogens is 761 g/mol. The molecule has 2 aromatic heterocycles. The largest absolute Gasteiger partial charge is 0.459 e. The molecule has 4 atom stereocenters. The lowest BCUT2D eigenvalue weighted by atomic mass is 9.58. The number of nitrogens with zero attached hydrogens (tertiary/aromatic N) is 1. The van der Waals surface area contributed by atoms with E-state index >= 15 is 0 Å².